The largest absolute Gasteiger partial charge is 0.305 e. The van der Waals surface area contributed by atoms with Crippen LogP contribution >= 0.6 is 0 Å². The minimum atomic E-state index is 1.25. The van der Waals surface area contributed by atoms with Crippen molar-refractivity contribution in [2.24, 2.45) is 0 Å². The maximum absolute atomic E-state index is 2.62. The summed E-state index contributed by atoms with van der Waals surface area (Å²) in [4.78, 5) is 5.09. The van der Waals surface area contributed by atoms with Crippen LogP contribution in [0.25, 0.3) is 0 Å². The van der Waals surface area contributed by atoms with E-state index in [0.717, 1.165) is 0 Å². The molecule has 0 atom stereocenters. The van der Waals surface area contributed by atoms with Crippen LogP contribution in [0, 0.1) is 0 Å². The first kappa shape index (κ1) is 12.0. The molecule has 0 spiro atoms. The Labute approximate surface area is 89.3 Å². The van der Waals surface area contributed by atoms with Crippen LogP contribution in [0.1, 0.15) is 39.0 Å². The standard InChI is InChI=1S/C12H26N2/c1-3-4-8-13(2)11-12-14-9-6-5-7-10-14/h3-12H2,1-2H3. The molecule has 1 fully saturated rings. The summed E-state index contributed by atoms with van der Waals surface area (Å²) in [5.74, 6) is 0. The molecule has 0 aromatic heterocycles. The van der Waals surface area contributed by atoms with E-state index in [0.29, 0.717) is 0 Å². The molecule has 2 nitrogen and oxygen atoms in total. The molecule has 1 saturated heterocycles. The molecule has 14 heavy (non-hydrogen) atoms. The lowest BCUT2D eigenvalue weighted by atomic mass is 10.1. The van der Waals surface area contributed by atoms with Gasteiger partial charge in [0.15, 0.2) is 0 Å². The first-order chi connectivity index (χ1) is 6.83. The Bertz CT molecular complexity index is 130. The highest BCUT2D eigenvalue weighted by atomic mass is 15.2. The number of hydrogen-bond acceptors (Lipinski definition) is 2. The molecule has 0 radical (unpaired) electrons. The number of hydrogen-bond donors (Lipinski definition) is 0. The molecule has 1 aliphatic rings. The Kier molecular flexibility index (Phi) is 6.20. The quantitative estimate of drug-likeness (QED) is 0.645. The summed E-state index contributed by atoms with van der Waals surface area (Å²) in [6.45, 7) is 8.73. The van der Waals surface area contributed by atoms with Crippen molar-refractivity contribution < 1.29 is 0 Å². The van der Waals surface area contributed by atoms with Gasteiger partial charge in [-0.2, -0.15) is 0 Å². The van der Waals surface area contributed by atoms with Gasteiger partial charge in [0.25, 0.3) is 0 Å². The van der Waals surface area contributed by atoms with E-state index in [1.807, 2.05) is 0 Å². The average Bonchev–Trinajstić information content (AvgIpc) is 2.25. The van der Waals surface area contributed by atoms with Crippen molar-refractivity contribution in [3.63, 3.8) is 0 Å². The smallest absolute Gasteiger partial charge is 0.0109 e. The molecule has 0 aromatic carbocycles. The molecule has 0 aliphatic carbocycles. The summed E-state index contributed by atoms with van der Waals surface area (Å²) in [6, 6.07) is 0. The van der Waals surface area contributed by atoms with Gasteiger partial charge < -0.3 is 9.80 Å². The second-order valence-corrected chi connectivity index (χ2v) is 4.56. The third kappa shape index (κ3) is 4.97. The predicted octanol–water partition coefficient (Wildman–Crippen LogP) is 2.20. The predicted molar refractivity (Wildman–Crippen MR) is 62.7 cm³/mol. The lowest BCUT2D eigenvalue weighted by molar-refractivity contribution is 0.195. The molecule has 0 amide bonds. The molecular weight excluding hydrogens is 172 g/mol. The molecule has 0 bridgehead atoms. The average molecular weight is 198 g/mol. The van der Waals surface area contributed by atoms with Crippen molar-refractivity contribution in [2.75, 3.05) is 39.8 Å². The number of likely N-dealkylation sites (N-methyl/N-ethyl adjacent to an activating group) is 1. The lowest BCUT2D eigenvalue weighted by Gasteiger charge is -2.28. The summed E-state index contributed by atoms with van der Waals surface area (Å²) in [5, 5.41) is 0. The summed E-state index contributed by atoms with van der Waals surface area (Å²) in [6.07, 6.45) is 6.93. The SMILES string of the molecule is CCCCN(C)CCN1CCCCC1. The molecule has 0 N–H and O–H groups in total. The first-order valence-electron chi connectivity index (χ1n) is 6.24. The van der Waals surface area contributed by atoms with Gasteiger partial charge in [-0.25, -0.2) is 0 Å². The minimum Gasteiger partial charge on any atom is -0.305 e. The van der Waals surface area contributed by atoms with Crippen LogP contribution in [0.4, 0.5) is 0 Å². The number of likely N-dealkylation sites (tertiary alicyclic amines) is 1. The molecule has 1 heterocycles. The maximum Gasteiger partial charge on any atom is 0.0109 e. The third-order valence-corrected chi connectivity index (χ3v) is 3.14. The maximum atomic E-state index is 2.62. The van der Waals surface area contributed by atoms with Crippen LogP contribution in [-0.2, 0) is 0 Å². The Hall–Kier alpha value is -0.0800. The topological polar surface area (TPSA) is 6.48 Å². The Morgan fingerprint density at radius 1 is 1.07 bits per heavy atom. The number of rotatable bonds is 6. The minimum absolute atomic E-state index is 1.25. The first-order valence-corrected chi connectivity index (χ1v) is 6.24. The van der Waals surface area contributed by atoms with Gasteiger partial charge in [0.1, 0.15) is 0 Å². The lowest BCUT2D eigenvalue weighted by Crippen LogP contribution is -2.36. The van der Waals surface area contributed by atoms with Crippen molar-refractivity contribution >= 4 is 0 Å². The monoisotopic (exact) mass is 198 g/mol. The van der Waals surface area contributed by atoms with Gasteiger partial charge in [-0.05, 0) is 45.9 Å². The number of piperidine rings is 1. The van der Waals surface area contributed by atoms with Crippen molar-refractivity contribution in [1.29, 1.82) is 0 Å². The van der Waals surface area contributed by atoms with Crippen molar-refractivity contribution in [3.8, 4) is 0 Å². The zero-order valence-electron chi connectivity index (χ0n) is 9.97. The van der Waals surface area contributed by atoms with Crippen LogP contribution in [0.5, 0.6) is 0 Å². The molecule has 0 aromatic rings. The molecule has 0 unspecified atom stereocenters. The highest BCUT2D eigenvalue weighted by Gasteiger charge is 2.09. The van der Waals surface area contributed by atoms with E-state index in [1.54, 1.807) is 0 Å². The Morgan fingerprint density at radius 2 is 1.79 bits per heavy atom. The fourth-order valence-electron chi connectivity index (χ4n) is 2.03. The number of nitrogens with zero attached hydrogens (tertiary/aromatic N) is 2. The van der Waals surface area contributed by atoms with Crippen LogP contribution in [0.15, 0.2) is 0 Å². The van der Waals surface area contributed by atoms with Gasteiger partial charge in [0.05, 0.1) is 0 Å². The normalized spacial score (nSPS) is 19.1. The Balaban J connectivity index is 2.00. The van der Waals surface area contributed by atoms with E-state index in [1.165, 1.54) is 64.8 Å². The third-order valence-electron chi connectivity index (χ3n) is 3.14. The van der Waals surface area contributed by atoms with Gasteiger partial charge in [-0.3, -0.25) is 0 Å². The summed E-state index contributed by atoms with van der Waals surface area (Å²) in [7, 11) is 2.25. The highest BCUT2D eigenvalue weighted by Crippen LogP contribution is 2.07. The van der Waals surface area contributed by atoms with Crippen LogP contribution in [-0.4, -0.2) is 49.6 Å². The van der Waals surface area contributed by atoms with E-state index in [4.69, 9.17) is 0 Å². The Morgan fingerprint density at radius 3 is 2.43 bits per heavy atom. The second kappa shape index (κ2) is 7.24. The van der Waals surface area contributed by atoms with Gasteiger partial charge >= 0.3 is 0 Å². The van der Waals surface area contributed by atoms with Gasteiger partial charge in [0, 0.05) is 13.1 Å². The molecule has 84 valence electrons. The molecule has 1 rings (SSSR count). The number of unbranched alkanes of at least 4 members (excludes halogenated alkanes) is 1. The second-order valence-electron chi connectivity index (χ2n) is 4.56. The van der Waals surface area contributed by atoms with Crippen molar-refractivity contribution in [2.45, 2.75) is 39.0 Å². The van der Waals surface area contributed by atoms with Gasteiger partial charge in [0.2, 0.25) is 0 Å². The fourth-order valence-corrected chi connectivity index (χ4v) is 2.03. The van der Waals surface area contributed by atoms with Crippen molar-refractivity contribution in [3.05, 3.63) is 0 Å². The van der Waals surface area contributed by atoms with E-state index >= 15 is 0 Å². The zero-order chi connectivity index (χ0) is 10.2. The van der Waals surface area contributed by atoms with Crippen LogP contribution in [0.3, 0.4) is 0 Å². The van der Waals surface area contributed by atoms with Crippen LogP contribution < -0.4 is 0 Å². The fraction of sp³-hybridized carbons (Fsp3) is 1.00. The summed E-state index contributed by atoms with van der Waals surface area (Å²) < 4.78 is 0. The molecule has 2 heteroatoms. The van der Waals surface area contributed by atoms with E-state index < -0.39 is 0 Å². The summed E-state index contributed by atoms with van der Waals surface area (Å²) >= 11 is 0. The zero-order valence-corrected chi connectivity index (χ0v) is 9.97. The van der Waals surface area contributed by atoms with Gasteiger partial charge in [-0.1, -0.05) is 19.8 Å². The molecule has 0 saturated carbocycles. The molecule has 1 aliphatic heterocycles. The van der Waals surface area contributed by atoms with E-state index in [-0.39, 0.29) is 0 Å². The highest BCUT2D eigenvalue weighted by molar-refractivity contribution is 4.65. The van der Waals surface area contributed by atoms with Crippen molar-refractivity contribution in [1.82, 2.24) is 9.80 Å². The summed E-state index contributed by atoms with van der Waals surface area (Å²) in [5.41, 5.74) is 0. The van der Waals surface area contributed by atoms with Crippen LogP contribution in [0.2, 0.25) is 0 Å². The van der Waals surface area contributed by atoms with E-state index in [2.05, 4.69) is 23.8 Å². The van der Waals surface area contributed by atoms with E-state index in [9.17, 15) is 0 Å². The molecular formula is C12H26N2. The van der Waals surface area contributed by atoms with Gasteiger partial charge in [-0.15, -0.1) is 0 Å².